The van der Waals surface area contributed by atoms with Gasteiger partial charge in [-0.15, -0.1) is 0 Å². The molecule has 2 bridgehead atoms. The van der Waals surface area contributed by atoms with Crippen LogP contribution in [-0.2, 0) is 24.1 Å². The first-order valence-corrected chi connectivity index (χ1v) is 10.4. The highest BCUT2D eigenvalue weighted by Crippen LogP contribution is 2.37. The minimum atomic E-state index is 0.378. The lowest BCUT2D eigenvalue weighted by Gasteiger charge is -2.45. The van der Waals surface area contributed by atoms with Crippen LogP contribution in [0.1, 0.15) is 48.1 Å². The summed E-state index contributed by atoms with van der Waals surface area (Å²) >= 11 is 0. The quantitative estimate of drug-likeness (QED) is 0.728. The molecule has 1 saturated heterocycles. The maximum absolute atomic E-state index is 5.93. The molecule has 2 aliphatic rings. The van der Waals surface area contributed by atoms with Crippen LogP contribution in [-0.4, -0.2) is 30.2 Å². The van der Waals surface area contributed by atoms with E-state index in [2.05, 4.69) is 74.2 Å². The van der Waals surface area contributed by atoms with Gasteiger partial charge in [-0.2, -0.15) is 0 Å². The number of ether oxygens (including phenoxy) is 1. The van der Waals surface area contributed by atoms with E-state index in [1.54, 1.807) is 5.57 Å². The topological polar surface area (TPSA) is 12.5 Å². The van der Waals surface area contributed by atoms with Gasteiger partial charge in [0.25, 0.3) is 0 Å². The molecule has 2 nitrogen and oxygen atoms in total. The number of morpholine rings is 1. The summed E-state index contributed by atoms with van der Waals surface area (Å²) in [5.41, 5.74) is 8.87. The normalized spacial score (nSPS) is 22.6. The molecule has 2 heteroatoms. The standard InChI is InChI=1S/C25H31NO/c1-4-20-11-18(3)12-21(5-2)25(20)22-13-23-16-27-17-24(14-22)26(23)15-19-9-7-6-8-10-19/h6-13,23-24H,4-5,14-17H2,1-3H3. The van der Waals surface area contributed by atoms with Gasteiger partial charge in [-0.05, 0) is 54.0 Å². The van der Waals surface area contributed by atoms with Crippen molar-refractivity contribution >= 4 is 5.57 Å². The van der Waals surface area contributed by atoms with E-state index in [-0.39, 0.29) is 0 Å². The summed E-state index contributed by atoms with van der Waals surface area (Å²) in [4.78, 5) is 2.65. The summed E-state index contributed by atoms with van der Waals surface area (Å²) < 4.78 is 5.93. The summed E-state index contributed by atoms with van der Waals surface area (Å²) in [6.45, 7) is 9.45. The Morgan fingerprint density at radius 1 is 1.00 bits per heavy atom. The molecular weight excluding hydrogens is 330 g/mol. The second-order valence-corrected chi connectivity index (χ2v) is 7.98. The predicted octanol–water partition coefficient (Wildman–Crippen LogP) is 5.18. The lowest BCUT2D eigenvalue weighted by atomic mass is 9.83. The lowest BCUT2D eigenvalue weighted by molar-refractivity contribution is -0.0402. The second kappa shape index (κ2) is 8.00. The second-order valence-electron chi connectivity index (χ2n) is 7.98. The molecule has 0 aromatic heterocycles. The summed E-state index contributed by atoms with van der Waals surface area (Å²) in [5, 5.41) is 0. The fourth-order valence-corrected chi connectivity index (χ4v) is 4.80. The Bertz CT molecular complexity index is 798. The van der Waals surface area contributed by atoms with E-state index in [1.165, 1.54) is 27.8 Å². The molecule has 4 rings (SSSR count). The van der Waals surface area contributed by atoms with Crippen LogP contribution in [0.3, 0.4) is 0 Å². The zero-order chi connectivity index (χ0) is 18.8. The van der Waals surface area contributed by atoms with Crippen LogP contribution in [0.15, 0.2) is 48.5 Å². The van der Waals surface area contributed by atoms with Gasteiger partial charge in [0.1, 0.15) is 0 Å². The van der Waals surface area contributed by atoms with Crippen molar-refractivity contribution < 1.29 is 4.74 Å². The van der Waals surface area contributed by atoms with Crippen LogP contribution in [0.5, 0.6) is 0 Å². The van der Waals surface area contributed by atoms with Crippen LogP contribution >= 0.6 is 0 Å². The van der Waals surface area contributed by atoms with E-state index < -0.39 is 0 Å². The lowest BCUT2D eigenvalue weighted by Crippen LogP contribution is -2.53. The van der Waals surface area contributed by atoms with E-state index in [1.807, 2.05) is 0 Å². The number of hydrogen-bond acceptors (Lipinski definition) is 2. The highest BCUT2D eigenvalue weighted by atomic mass is 16.5. The first-order valence-electron chi connectivity index (χ1n) is 10.4. The monoisotopic (exact) mass is 361 g/mol. The Hall–Kier alpha value is -1.90. The molecule has 0 amide bonds. The number of nitrogens with zero attached hydrogens (tertiary/aromatic N) is 1. The molecule has 0 spiro atoms. The Kier molecular flexibility index (Phi) is 5.47. The third-order valence-corrected chi connectivity index (χ3v) is 6.08. The molecule has 27 heavy (non-hydrogen) atoms. The average Bonchev–Trinajstić information content (AvgIpc) is 2.68. The van der Waals surface area contributed by atoms with Crippen molar-refractivity contribution in [2.75, 3.05) is 13.2 Å². The molecule has 0 radical (unpaired) electrons. The van der Waals surface area contributed by atoms with Crippen molar-refractivity contribution in [3.63, 3.8) is 0 Å². The van der Waals surface area contributed by atoms with Gasteiger partial charge in [0, 0.05) is 12.6 Å². The summed E-state index contributed by atoms with van der Waals surface area (Å²) in [5.74, 6) is 0. The van der Waals surface area contributed by atoms with Gasteiger partial charge in [-0.25, -0.2) is 0 Å². The van der Waals surface area contributed by atoms with E-state index in [0.29, 0.717) is 12.1 Å². The molecule has 0 aliphatic carbocycles. The summed E-state index contributed by atoms with van der Waals surface area (Å²) in [7, 11) is 0. The third kappa shape index (κ3) is 3.74. The largest absolute Gasteiger partial charge is 0.378 e. The molecule has 2 unspecified atom stereocenters. The Balaban J connectivity index is 1.69. The molecular formula is C25H31NO. The number of aryl methyl sites for hydroxylation is 3. The number of hydrogen-bond donors (Lipinski definition) is 0. The minimum Gasteiger partial charge on any atom is -0.378 e. The van der Waals surface area contributed by atoms with Gasteiger partial charge in [0.2, 0.25) is 0 Å². The molecule has 2 aromatic rings. The molecule has 0 saturated carbocycles. The predicted molar refractivity (Wildman–Crippen MR) is 113 cm³/mol. The fraction of sp³-hybridized carbons (Fsp3) is 0.440. The average molecular weight is 362 g/mol. The van der Waals surface area contributed by atoms with Gasteiger partial charge in [-0.3, -0.25) is 4.90 Å². The Morgan fingerprint density at radius 3 is 2.33 bits per heavy atom. The first kappa shape index (κ1) is 18.5. The van der Waals surface area contributed by atoms with Crippen LogP contribution in [0.2, 0.25) is 0 Å². The van der Waals surface area contributed by atoms with Crippen molar-refractivity contribution in [3.05, 3.63) is 76.4 Å². The molecule has 2 aromatic carbocycles. The van der Waals surface area contributed by atoms with Crippen molar-refractivity contribution in [3.8, 4) is 0 Å². The van der Waals surface area contributed by atoms with Crippen molar-refractivity contribution in [2.24, 2.45) is 0 Å². The molecule has 1 fully saturated rings. The van der Waals surface area contributed by atoms with Crippen LogP contribution in [0, 0.1) is 6.92 Å². The summed E-state index contributed by atoms with van der Waals surface area (Å²) in [6, 6.07) is 16.5. The molecule has 0 N–H and O–H groups in total. The van der Waals surface area contributed by atoms with E-state index in [0.717, 1.165) is 39.0 Å². The number of rotatable bonds is 5. The third-order valence-electron chi connectivity index (χ3n) is 6.08. The zero-order valence-electron chi connectivity index (χ0n) is 16.9. The first-order chi connectivity index (χ1) is 13.2. The minimum absolute atomic E-state index is 0.378. The van der Waals surface area contributed by atoms with Crippen LogP contribution < -0.4 is 0 Å². The van der Waals surface area contributed by atoms with E-state index in [4.69, 9.17) is 4.74 Å². The van der Waals surface area contributed by atoms with Gasteiger partial charge < -0.3 is 4.74 Å². The van der Waals surface area contributed by atoms with Crippen LogP contribution in [0.4, 0.5) is 0 Å². The SMILES string of the molecule is CCc1cc(C)cc(CC)c1C1=CC2COCC(C1)N2Cc1ccccc1. The van der Waals surface area contributed by atoms with Crippen LogP contribution in [0.25, 0.3) is 5.57 Å². The smallest absolute Gasteiger partial charge is 0.0658 e. The number of fused-ring (bicyclic) bond motifs is 2. The highest BCUT2D eigenvalue weighted by Gasteiger charge is 2.35. The van der Waals surface area contributed by atoms with E-state index >= 15 is 0 Å². The van der Waals surface area contributed by atoms with Gasteiger partial charge in [0.05, 0.1) is 19.3 Å². The van der Waals surface area contributed by atoms with Gasteiger partial charge in [-0.1, -0.05) is 68.0 Å². The van der Waals surface area contributed by atoms with Crippen molar-refractivity contribution in [2.45, 2.75) is 58.7 Å². The molecule has 142 valence electrons. The maximum Gasteiger partial charge on any atom is 0.0658 e. The summed E-state index contributed by atoms with van der Waals surface area (Å²) in [6.07, 6.45) is 5.79. The molecule has 2 atom stereocenters. The van der Waals surface area contributed by atoms with Crippen molar-refractivity contribution in [1.82, 2.24) is 4.90 Å². The van der Waals surface area contributed by atoms with Gasteiger partial charge >= 0.3 is 0 Å². The Labute approximate surface area is 163 Å². The molecule has 2 aliphatic heterocycles. The van der Waals surface area contributed by atoms with Gasteiger partial charge in [0.15, 0.2) is 0 Å². The van der Waals surface area contributed by atoms with Crippen molar-refractivity contribution in [1.29, 1.82) is 0 Å². The maximum atomic E-state index is 5.93. The van der Waals surface area contributed by atoms with E-state index in [9.17, 15) is 0 Å². The number of benzene rings is 2. The Morgan fingerprint density at radius 2 is 1.70 bits per heavy atom. The fourth-order valence-electron chi connectivity index (χ4n) is 4.80. The zero-order valence-corrected chi connectivity index (χ0v) is 16.9. The molecule has 2 heterocycles. The highest BCUT2D eigenvalue weighted by molar-refractivity contribution is 5.73.